The highest BCUT2D eigenvalue weighted by Crippen LogP contribution is 2.29. The summed E-state index contributed by atoms with van der Waals surface area (Å²) in [7, 11) is 0. The van der Waals surface area contributed by atoms with E-state index in [9.17, 15) is 0 Å². The molecule has 2 N–H and O–H groups in total. The van der Waals surface area contributed by atoms with Crippen molar-refractivity contribution in [3.05, 3.63) is 21.9 Å². The van der Waals surface area contributed by atoms with Crippen LogP contribution in [-0.4, -0.2) is 25.4 Å². The van der Waals surface area contributed by atoms with Gasteiger partial charge in [-0.3, -0.25) is 0 Å². The molecule has 1 rings (SSSR count). The van der Waals surface area contributed by atoms with Gasteiger partial charge in [-0.1, -0.05) is 6.92 Å². The number of hydrogen-bond acceptors (Lipinski definition) is 4. The van der Waals surface area contributed by atoms with E-state index in [0.29, 0.717) is 13.2 Å². The zero-order valence-corrected chi connectivity index (χ0v) is 12.6. The molecule has 0 bridgehead atoms. The van der Waals surface area contributed by atoms with E-state index in [1.54, 1.807) is 11.3 Å². The number of nitrogens with two attached hydrogens (primary N) is 1. The average Bonchev–Trinajstić information content (AvgIpc) is 2.74. The lowest BCUT2D eigenvalue weighted by Gasteiger charge is -2.23. The van der Waals surface area contributed by atoms with Gasteiger partial charge < -0.3 is 15.2 Å². The van der Waals surface area contributed by atoms with Crippen LogP contribution in [0.25, 0.3) is 0 Å². The van der Waals surface area contributed by atoms with Gasteiger partial charge in [-0.2, -0.15) is 0 Å². The first-order valence-corrected chi connectivity index (χ1v) is 7.47. The number of ether oxygens (including phenoxy) is 2. The Kier molecular flexibility index (Phi) is 6.86. The smallest absolute Gasteiger partial charge is 0.107 e. The summed E-state index contributed by atoms with van der Waals surface area (Å²) in [5, 5.41) is 2.09. The van der Waals surface area contributed by atoms with Crippen LogP contribution in [-0.2, 0) is 9.47 Å². The van der Waals surface area contributed by atoms with Crippen LogP contribution in [0.1, 0.15) is 43.7 Å². The molecule has 3 nitrogen and oxygen atoms in total. The molecule has 18 heavy (non-hydrogen) atoms. The molecule has 1 aromatic rings. The van der Waals surface area contributed by atoms with E-state index >= 15 is 0 Å². The lowest BCUT2D eigenvalue weighted by Crippen LogP contribution is -2.30. The van der Waals surface area contributed by atoms with Crippen LogP contribution in [0.5, 0.6) is 0 Å². The van der Waals surface area contributed by atoms with Crippen LogP contribution in [0, 0.1) is 6.92 Å². The van der Waals surface area contributed by atoms with Gasteiger partial charge in [-0.15, -0.1) is 11.3 Å². The Hall–Kier alpha value is -0.420. The van der Waals surface area contributed by atoms with Gasteiger partial charge in [-0.05, 0) is 44.2 Å². The molecule has 0 aromatic carbocycles. The van der Waals surface area contributed by atoms with Gasteiger partial charge in [0.25, 0.3) is 0 Å². The lowest BCUT2D eigenvalue weighted by molar-refractivity contribution is -0.0213. The molecule has 0 amide bonds. The van der Waals surface area contributed by atoms with Gasteiger partial charge in [0.15, 0.2) is 0 Å². The van der Waals surface area contributed by atoms with Crippen LogP contribution in [0.2, 0.25) is 0 Å². The number of rotatable bonds is 8. The number of aryl methyl sites for hydroxylation is 1. The van der Waals surface area contributed by atoms with Crippen molar-refractivity contribution in [1.29, 1.82) is 0 Å². The number of thiophene rings is 1. The third-order valence-electron chi connectivity index (χ3n) is 2.85. The molecule has 0 saturated heterocycles. The standard InChI is InChI=1S/C14H25NO2S/c1-5-12(15)13(14-11(4)6-9-18-14)17-8-7-16-10(2)3/h6,9-10,12-13H,5,7-8,15H2,1-4H3. The largest absolute Gasteiger partial charge is 0.376 e. The Morgan fingerprint density at radius 1 is 1.28 bits per heavy atom. The van der Waals surface area contributed by atoms with Crippen molar-refractivity contribution in [2.24, 2.45) is 5.73 Å². The van der Waals surface area contributed by atoms with Crippen LogP contribution >= 0.6 is 11.3 Å². The van der Waals surface area contributed by atoms with E-state index in [1.807, 2.05) is 13.8 Å². The average molecular weight is 271 g/mol. The summed E-state index contributed by atoms with van der Waals surface area (Å²) in [6.45, 7) is 9.46. The first kappa shape index (κ1) is 15.6. The predicted molar refractivity (Wildman–Crippen MR) is 77.1 cm³/mol. The minimum atomic E-state index is -0.00855. The molecule has 0 aliphatic rings. The van der Waals surface area contributed by atoms with Crippen molar-refractivity contribution in [2.75, 3.05) is 13.2 Å². The normalized spacial score (nSPS) is 15.0. The Morgan fingerprint density at radius 3 is 2.44 bits per heavy atom. The summed E-state index contributed by atoms with van der Waals surface area (Å²) < 4.78 is 11.4. The molecule has 104 valence electrons. The molecule has 4 heteroatoms. The third-order valence-corrected chi connectivity index (χ3v) is 3.93. The summed E-state index contributed by atoms with van der Waals surface area (Å²) in [5.41, 5.74) is 7.42. The van der Waals surface area contributed by atoms with Gasteiger partial charge in [0.2, 0.25) is 0 Å². The molecule has 0 aliphatic carbocycles. The maximum absolute atomic E-state index is 6.16. The first-order chi connectivity index (χ1) is 8.56. The van der Waals surface area contributed by atoms with E-state index in [4.69, 9.17) is 15.2 Å². The summed E-state index contributed by atoms with van der Waals surface area (Å²) in [4.78, 5) is 1.24. The molecule has 2 atom stereocenters. The SMILES string of the molecule is CCC(N)C(OCCOC(C)C)c1sccc1C. The van der Waals surface area contributed by atoms with Crippen molar-refractivity contribution in [3.63, 3.8) is 0 Å². The second-order valence-corrected chi connectivity index (χ2v) is 5.70. The highest BCUT2D eigenvalue weighted by atomic mass is 32.1. The summed E-state index contributed by atoms with van der Waals surface area (Å²) in [5.74, 6) is 0. The van der Waals surface area contributed by atoms with Crippen molar-refractivity contribution in [2.45, 2.75) is 52.4 Å². The zero-order valence-electron chi connectivity index (χ0n) is 11.8. The minimum absolute atomic E-state index is 0.00855. The molecule has 2 unspecified atom stereocenters. The van der Waals surface area contributed by atoms with E-state index in [1.165, 1.54) is 10.4 Å². The molecular weight excluding hydrogens is 246 g/mol. The van der Waals surface area contributed by atoms with Gasteiger partial charge in [0.05, 0.1) is 19.3 Å². The molecule has 1 aromatic heterocycles. The zero-order chi connectivity index (χ0) is 13.5. The lowest BCUT2D eigenvalue weighted by atomic mass is 10.1. The Labute approximate surface area is 114 Å². The Morgan fingerprint density at radius 2 is 1.94 bits per heavy atom. The predicted octanol–water partition coefficient (Wildman–Crippen LogP) is 3.28. The summed E-state index contributed by atoms with van der Waals surface area (Å²) in [6.07, 6.45) is 1.15. The van der Waals surface area contributed by atoms with Crippen molar-refractivity contribution < 1.29 is 9.47 Å². The highest BCUT2D eigenvalue weighted by molar-refractivity contribution is 7.10. The van der Waals surface area contributed by atoms with Crippen LogP contribution in [0.15, 0.2) is 11.4 Å². The molecule has 0 fully saturated rings. The first-order valence-electron chi connectivity index (χ1n) is 6.59. The second kappa shape index (κ2) is 7.89. The maximum atomic E-state index is 6.16. The highest BCUT2D eigenvalue weighted by Gasteiger charge is 2.22. The van der Waals surface area contributed by atoms with Crippen molar-refractivity contribution in [1.82, 2.24) is 0 Å². The molecule has 1 heterocycles. The van der Waals surface area contributed by atoms with Gasteiger partial charge in [0, 0.05) is 10.9 Å². The van der Waals surface area contributed by atoms with Gasteiger partial charge >= 0.3 is 0 Å². The van der Waals surface area contributed by atoms with Gasteiger partial charge in [0.1, 0.15) is 6.10 Å². The second-order valence-electron chi connectivity index (χ2n) is 4.75. The molecule has 0 aliphatic heterocycles. The topological polar surface area (TPSA) is 44.5 Å². The molecule has 0 saturated carbocycles. The molecule has 0 radical (unpaired) electrons. The third kappa shape index (κ3) is 4.69. The number of hydrogen-bond donors (Lipinski definition) is 1. The summed E-state index contributed by atoms with van der Waals surface area (Å²) in [6, 6.07) is 2.16. The monoisotopic (exact) mass is 271 g/mol. The maximum Gasteiger partial charge on any atom is 0.107 e. The fourth-order valence-corrected chi connectivity index (χ4v) is 2.79. The van der Waals surface area contributed by atoms with E-state index in [-0.39, 0.29) is 18.2 Å². The van der Waals surface area contributed by atoms with Crippen molar-refractivity contribution >= 4 is 11.3 Å². The van der Waals surface area contributed by atoms with E-state index < -0.39 is 0 Å². The fourth-order valence-electron chi connectivity index (χ4n) is 1.74. The fraction of sp³-hybridized carbons (Fsp3) is 0.714. The Bertz CT molecular complexity index is 338. The summed E-state index contributed by atoms with van der Waals surface area (Å²) >= 11 is 1.72. The van der Waals surface area contributed by atoms with E-state index in [2.05, 4.69) is 25.3 Å². The van der Waals surface area contributed by atoms with Crippen LogP contribution < -0.4 is 5.73 Å². The van der Waals surface area contributed by atoms with Crippen LogP contribution in [0.3, 0.4) is 0 Å². The molecular formula is C14H25NO2S. The minimum Gasteiger partial charge on any atom is -0.376 e. The quantitative estimate of drug-likeness (QED) is 0.738. The van der Waals surface area contributed by atoms with Crippen LogP contribution in [0.4, 0.5) is 0 Å². The van der Waals surface area contributed by atoms with E-state index in [0.717, 1.165) is 6.42 Å². The molecule has 0 spiro atoms. The van der Waals surface area contributed by atoms with Crippen molar-refractivity contribution in [3.8, 4) is 0 Å². The Balaban J connectivity index is 2.55. The van der Waals surface area contributed by atoms with Gasteiger partial charge in [-0.25, -0.2) is 0 Å².